The quantitative estimate of drug-likeness (QED) is 0.456. The summed E-state index contributed by atoms with van der Waals surface area (Å²) in [5.41, 5.74) is 0.365. The van der Waals surface area contributed by atoms with Gasteiger partial charge in [0.05, 0.1) is 11.5 Å². The number of piperazine rings is 1. The van der Waals surface area contributed by atoms with Crippen LogP contribution in [-0.2, 0) is 4.79 Å². The summed E-state index contributed by atoms with van der Waals surface area (Å²) in [7, 11) is 0. The van der Waals surface area contributed by atoms with Crippen LogP contribution < -0.4 is 10.6 Å². The van der Waals surface area contributed by atoms with Gasteiger partial charge in [0.2, 0.25) is 5.91 Å². The lowest BCUT2D eigenvalue weighted by atomic mass is 10.2. The zero-order valence-corrected chi connectivity index (χ0v) is 12.9. The molecule has 1 heterocycles. The number of carbonyl (C=O) groups is 1. The van der Waals surface area contributed by atoms with Gasteiger partial charge in [-0.05, 0) is 34.7 Å². The number of nitro benzene ring substituents is 1. The van der Waals surface area contributed by atoms with Crippen LogP contribution >= 0.6 is 22.6 Å². The van der Waals surface area contributed by atoms with Crippen LogP contribution in [0.5, 0.6) is 0 Å². The van der Waals surface area contributed by atoms with Crippen molar-refractivity contribution < 1.29 is 9.72 Å². The van der Waals surface area contributed by atoms with Crippen LogP contribution in [0, 0.1) is 13.7 Å². The van der Waals surface area contributed by atoms with E-state index in [1.165, 1.54) is 6.07 Å². The Labute approximate surface area is 130 Å². The molecule has 8 heteroatoms. The van der Waals surface area contributed by atoms with E-state index in [9.17, 15) is 14.9 Å². The Kier molecular flexibility index (Phi) is 5.12. The molecular weight excluding hydrogens is 375 g/mol. The summed E-state index contributed by atoms with van der Waals surface area (Å²) in [6, 6.07) is 4.88. The molecule has 2 N–H and O–H groups in total. The maximum Gasteiger partial charge on any atom is 0.293 e. The van der Waals surface area contributed by atoms with E-state index in [0.717, 1.165) is 16.7 Å². The second kappa shape index (κ2) is 6.84. The fourth-order valence-corrected chi connectivity index (χ4v) is 2.48. The van der Waals surface area contributed by atoms with Crippen molar-refractivity contribution in [2.24, 2.45) is 0 Å². The average Bonchev–Trinajstić information content (AvgIpc) is 2.46. The number of rotatable bonds is 4. The lowest BCUT2D eigenvalue weighted by Crippen LogP contribution is -2.48. The number of nitrogens with one attached hydrogen (secondary N) is 2. The van der Waals surface area contributed by atoms with Crippen LogP contribution in [0.1, 0.15) is 0 Å². The van der Waals surface area contributed by atoms with Crippen LogP contribution in [-0.4, -0.2) is 48.5 Å². The molecule has 1 aliphatic rings. The smallest absolute Gasteiger partial charge is 0.293 e. The molecule has 1 aromatic rings. The van der Waals surface area contributed by atoms with Crippen molar-refractivity contribution in [2.75, 3.05) is 38.0 Å². The molecule has 0 spiro atoms. The van der Waals surface area contributed by atoms with Gasteiger partial charge >= 0.3 is 0 Å². The molecule has 0 atom stereocenters. The van der Waals surface area contributed by atoms with Gasteiger partial charge in [-0.25, -0.2) is 0 Å². The summed E-state index contributed by atoms with van der Waals surface area (Å²) < 4.78 is 0.785. The molecule has 0 aromatic heterocycles. The van der Waals surface area contributed by atoms with E-state index in [1.807, 2.05) is 22.6 Å². The molecule has 1 saturated heterocycles. The Bertz CT molecular complexity index is 517. The number of nitrogens with zero attached hydrogens (tertiary/aromatic N) is 2. The van der Waals surface area contributed by atoms with Gasteiger partial charge in [0.15, 0.2) is 0 Å². The van der Waals surface area contributed by atoms with Crippen LogP contribution in [0.25, 0.3) is 0 Å². The highest BCUT2D eigenvalue weighted by Gasteiger charge is 2.18. The minimum atomic E-state index is -0.445. The van der Waals surface area contributed by atoms with Gasteiger partial charge in [0, 0.05) is 35.8 Å². The molecule has 1 aromatic carbocycles. The summed E-state index contributed by atoms with van der Waals surface area (Å²) in [4.78, 5) is 24.3. The van der Waals surface area contributed by atoms with Crippen LogP contribution in [0.2, 0.25) is 0 Å². The predicted molar refractivity (Wildman–Crippen MR) is 83.8 cm³/mol. The van der Waals surface area contributed by atoms with Crippen molar-refractivity contribution in [1.82, 2.24) is 10.2 Å². The zero-order chi connectivity index (χ0) is 14.5. The molecule has 1 amide bonds. The highest BCUT2D eigenvalue weighted by Crippen LogP contribution is 2.26. The number of hydrogen-bond acceptors (Lipinski definition) is 5. The molecule has 1 fully saturated rings. The maximum atomic E-state index is 12.0. The van der Waals surface area contributed by atoms with E-state index < -0.39 is 4.92 Å². The first-order valence-corrected chi connectivity index (χ1v) is 7.32. The minimum Gasteiger partial charge on any atom is -0.371 e. The lowest BCUT2D eigenvalue weighted by molar-refractivity contribution is -0.384. The second-order valence-corrected chi connectivity index (χ2v) is 5.65. The first-order chi connectivity index (χ1) is 9.58. The Morgan fingerprint density at radius 1 is 1.45 bits per heavy atom. The third kappa shape index (κ3) is 3.79. The normalized spacial score (nSPS) is 14.9. The van der Waals surface area contributed by atoms with Crippen molar-refractivity contribution in [1.29, 1.82) is 0 Å². The molecule has 0 aliphatic carbocycles. The average molecular weight is 390 g/mol. The number of nitro groups is 1. The predicted octanol–water partition coefficient (Wildman–Crippen LogP) is 1.04. The summed E-state index contributed by atoms with van der Waals surface area (Å²) in [6.45, 7) is 3.00. The molecule has 0 bridgehead atoms. The molecule has 7 nitrogen and oxygen atoms in total. The first-order valence-electron chi connectivity index (χ1n) is 6.24. The highest BCUT2D eigenvalue weighted by molar-refractivity contribution is 14.1. The standard InChI is InChI=1S/C12H15IN4O3/c13-9-1-2-10(11(7-9)17(19)20)15-8-12(18)16-5-3-14-4-6-16/h1-2,7,14-15H,3-6,8H2. The Morgan fingerprint density at radius 3 is 2.80 bits per heavy atom. The number of carbonyl (C=O) groups excluding carboxylic acids is 1. The summed E-state index contributed by atoms with van der Waals surface area (Å²) >= 11 is 2.02. The van der Waals surface area contributed by atoms with Gasteiger partial charge < -0.3 is 15.5 Å². The van der Waals surface area contributed by atoms with Gasteiger partial charge in [-0.1, -0.05) is 0 Å². The number of amides is 1. The van der Waals surface area contributed by atoms with Gasteiger partial charge in [0.1, 0.15) is 5.69 Å². The van der Waals surface area contributed by atoms with Gasteiger partial charge in [-0.3, -0.25) is 14.9 Å². The molecular formula is C12H15IN4O3. The summed E-state index contributed by atoms with van der Waals surface area (Å²) in [6.07, 6.45) is 0. The first kappa shape index (κ1) is 15.0. The van der Waals surface area contributed by atoms with Crippen LogP contribution in [0.3, 0.4) is 0 Å². The van der Waals surface area contributed by atoms with E-state index in [2.05, 4.69) is 10.6 Å². The van der Waals surface area contributed by atoms with E-state index in [4.69, 9.17) is 0 Å². The fourth-order valence-electron chi connectivity index (χ4n) is 2.00. The monoisotopic (exact) mass is 390 g/mol. The molecule has 2 rings (SSSR count). The Hall–Kier alpha value is -1.42. The van der Waals surface area contributed by atoms with Gasteiger partial charge in [0.25, 0.3) is 5.69 Å². The van der Waals surface area contributed by atoms with Crippen LogP contribution in [0.15, 0.2) is 18.2 Å². The number of hydrogen-bond donors (Lipinski definition) is 2. The van der Waals surface area contributed by atoms with Gasteiger partial charge in [-0.15, -0.1) is 0 Å². The molecule has 0 unspecified atom stereocenters. The van der Waals surface area contributed by atoms with Crippen molar-refractivity contribution in [2.45, 2.75) is 0 Å². The maximum absolute atomic E-state index is 12.0. The number of halogens is 1. The Morgan fingerprint density at radius 2 is 2.15 bits per heavy atom. The third-order valence-corrected chi connectivity index (χ3v) is 3.73. The molecule has 20 heavy (non-hydrogen) atoms. The minimum absolute atomic E-state index is 0.00925. The summed E-state index contributed by atoms with van der Waals surface area (Å²) in [5.74, 6) is -0.0423. The molecule has 108 valence electrons. The topological polar surface area (TPSA) is 87.5 Å². The van der Waals surface area contributed by atoms with Crippen molar-refractivity contribution in [3.05, 3.63) is 31.9 Å². The van der Waals surface area contributed by atoms with Crippen LogP contribution in [0.4, 0.5) is 11.4 Å². The second-order valence-electron chi connectivity index (χ2n) is 4.40. The van der Waals surface area contributed by atoms with E-state index >= 15 is 0 Å². The molecule has 0 saturated carbocycles. The molecule has 1 aliphatic heterocycles. The number of anilines is 1. The third-order valence-electron chi connectivity index (χ3n) is 3.06. The van der Waals surface area contributed by atoms with E-state index in [0.29, 0.717) is 18.8 Å². The largest absolute Gasteiger partial charge is 0.371 e. The highest BCUT2D eigenvalue weighted by atomic mass is 127. The van der Waals surface area contributed by atoms with Crippen molar-refractivity contribution in [3.8, 4) is 0 Å². The molecule has 0 radical (unpaired) electrons. The van der Waals surface area contributed by atoms with E-state index in [1.54, 1.807) is 17.0 Å². The number of benzene rings is 1. The van der Waals surface area contributed by atoms with Gasteiger partial charge in [-0.2, -0.15) is 0 Å². The lowest BCUT2D eigenvalue weighted by Gasteiger charge is -2.27. The Balaban J connectivity index is 1.99. The summed E-state index contributed by atoms with van der Waals surface area (Å²) in [5, 5.41) is 17.0. The van der Waals surface area contributed by atoms with Crippen molar-refractivity contribution >= 4 is 39.9 Å². The van der Waals surface area contributed by atoms with Crippen molar-refractivity contribution in [3.63, 3.8) is 0 Å². The fraction of sp³-hybridized carbons (Fsp3) is 0.417. The SMILES string of the molecule is O=C(CNc1ccc(I)cc1[N+](=O)[O-])N1CCNCC1. The zero-order valence-electron chi connectivity index (χ0n) is 10.8. The van der Waals surface area contributed by atoms with E-state index in [-0.39, 0.29) is 18.1 Å².